The zero-order valence-electron chi connectivity index (χ0n) is 9.93. The lowest BCUT2D eigenvalue weighted by Crippen LogP contribution is -2.23. The van der Waals surface area contributed by atoms with Crippen LogP contribution in [0, 0.1) is 0 Å². The van der Waals surface area contributed by atoms with E-state index in [1.54, 1.807) is 6.07 Å². The molecule has 0 aliphatic carbocycles. The van der Waals surface area contributed by atoms with Crippen LogP contribution in [0.4, 0.5) is 11.4 Å². The molecule has 2 aromatic rings. The van der Waals surface area contributed by atoms with Crippen LogP contribution >= 0.6 is 0 Å². The Balaban J connectivity index is 2.24. The largest absolute Gasteiger partial charge is 0.399 e. The molecule has 6 N–H and O–H groups in total. The predicted molar refractivity (Wildman–Crippen MR) is 72.2 cm³/mol. The van der Waals surface area contributed by atoms with Crippen LogP contribution in [0.1, 0.15) is 0 Å². The van der Waals surface area contributed by atoms with Crippen molar-refractivity contribution in [2.45, 2.75) is 6.10 Å². The molecule has 1 unspecified atom stereocenters. The third kappa shape index (κ3) is 2.82. The molecule has 1 atom stereocenters. The van der Waals surface area contributed by atoms with Gasteiger partial charge < -0.3 is 26.2 Å². The van der Waals surface area contributed by atoms with Crippen molar-refractivity contribution in [3.63, 3.8) is 0 Å². The average Bonchev–Trinajstić information content (AvgIpc) is 2.90. The topological polar surface area (TPSA) is 94.3 Å². The maximum Gasteiger partial charge on any atom is 0.0942 e. The highest BCUT2D eigenvalue weighted by Gasteiger charge is 2.08. The predicted octanol–water partition coefficient (Wildman–Crippen LogP) is 1.03. The number of H-pyrrole nitrogens is 1. The molecule has 5 heteroatoms. The number of benzene rings is 1. The second kappa shape index (κ2) is 5.57. The van der Waals surface area contributed by atoms with E-state index in [-0.39, 0.29) is 13.2 Å². The third-order valence-corrected chi connectivity index (χ3v) is 2.67. The van der Waals surface area contributed by atoms with E-state index in [0.29, 0.717) is 5.69 Å². The number of aliphatic hydroxyl groups excluding tert-OH is 2. The van der Waals surface area contributed by atoms with E-state index in [4.69, 9.17) is 10.8 Å². The summed E-state index contributed by atoms with van der Waals surface area (Å²) in [6, 6.07) is 9.36. The van der Waals surface area contributed by atoms with Gasteiger partial charge in [-0.15, -0.1) is 0 Å². The zero-order valence-corrected chi connectivity index (χ0v) is 9.93. The molecule has 0 radical (unpaired) electrons. The molecule has 5 nitrogen and oxygen atoms in total. The number of nitrogen functional groups attached to an aromatic ring is 1. The number of aromatic nitrogens is 1. The number of aliphatic hydroxyl groups is 2. The van der Waals surface area contributed by atoms with E-state index in [0.717, 1.165) is 16.9 Å². The smallest absolute Gasteiger partial charge is 0.0942 e. The van der Waals surface area contributed by atoms with Crippen LogP contribution in [0.3, 0.4) is 0 Å². The summed E-state index contributed by atoms with van der Waals surface area (Å²) in [5.41, 5.74) is 9.20. The van der Waals surface area contributed by atoms with Gasteiger partial charge in [-0.2, -0.15) is 0 Å². The van der Waals surface area contributed by atoms with E-state index >= 15 is 0 Å². The molecule has 0 saturated heterocycles. The number of rotatable bonds is 5. The van der Waals surface area contributed by atoms with Gasteiger partial charge in [-0.1, -0.05) is 0 Å². The Morgan fingerprint density at radius 2 is 2.17 bits per heavy atom. The molecule has 0 bridgehead atoms. The van der Waals surface area contributed by atoms with Gasteiger partial charge in [0.25, 0.3) is 0 Å². The molecule has 0 fully saturated rings. The molecule has 96 valence electrons. The van der Waals surface area contributed by atoms with Gasteiger partial charge >= 0.3 is 0 Å². The summed E-state index contributed by atoms with van der Waals surface area (Å²) in [7, 11) is 0. The van der Waals surface area contributed by atoms with Crippen LogP contribution in [0.5, 0.6) is 0 Å². The molecule has 0 aliphatic heterocycles. The van der Waals surface area contributed by atoms with Crippen molar-refractivity contribution < 1.29 is 10.2 Å². The molecule has 0 saturated carbocycles. The van der Waals surface area contributed by atoms with Gasteiger partial charge in [0.15, 0.2) is 0 Å². The number of aromatic amines is 1. The van der Waals surface area contributed by atoms with Gasteiger partial charge in [0.05, 0.1) is 12.7 Å². The monoisotopic (exact) mass is 247 g/mol. The molecule has 1 heterocycles. The summed E-state index contributed by atoms with van der Waals surface area (Å²) in [6.45, 7) is 0.0218. The summed E-state index contributed by atoms with van der Waals surface area (Å²) in [4.78, 5) is 3.12. The first-order chi connectivity index (χ1) is 8.70. The van der Waals surface area contributed by atoms with Gasteiger partial charge in [-0.3, -0.25) is 0 Å². The van der Waals surface area contributed by atoms with Crippen LogP contribution in [0.2, 0.25) is 0 Å². The molecular weight excluding hydrogens is 230 g/mol. The first kappa shape index (κ1) is 12.5. The first-order valence-corrected chi connectivity index (χ1v) is 5.77. The number of anilines is 2. The van der Waals surface area contributed by atoms with Crippen molar-refractivity contribution >= 4 is 11.4 Å². The maximum atomic E-state index is 9.35. The Morgan fingerprint density at radius 1 is 1.33 bits per heavy atom. The lowest BCUT2D eigenvalue weighted by molar-refractivity contribution is 0.105. The van der Waals surface area contributed by atoms with Crippen molar-refractivity contribution in [2.75, 3.05) is 24.2 Å². The quantitative estimate of drug-likeness (QED) is 0.510. The lowest BCUT2D eigenvalue weighted by atomic mass is 10.1. The second-order valence-corrected chi connectivity index (χ2v) is 4.11. The van der Waals surface area contributed by atoms with E-state index in [1.165, 1.54) is 0 Å². The summed E-state index contributed by atoms with van der Waals surface area (Å²) < 4.78 is 0. The highest BCUT2D eigenvalue weighted by atomic mass is 16.3. The Bertz CT molecular complexity index is 497. The standard InChI is InChI=1S/C13H17N3O2/c14-9-3-4-13(16-7-10(18)8-17)11(6-9)12-2-1-5-15-12/h1-6,10,15-18H,7-8,14H2. The van der Waals surface area contributed by atoms with Crippen molar-refractivity contribution in [2.24, 2.45) is 0 Å². The van der Waals surface area contributed by atoms with Crippen LogP contribution in [-0.2, 0) is 0 Å². The van der Waals surface area contributed by atoms with Gasteiger partial charge in [0, 0.05) is 35.4 Å². The minimum Gasteiger partial charge on any atom is -0.399 e. The lowest BCUT2D eigenvalue weighted by Gasteiger charge is -2.14. The van der Waals surface area contributed by atoms with Crippen molar-refractivity contribution in [1.29, 1.82) is 0 Å². The molecule has 18 heavy (non-hydrogen) atoms. The normalized spacial score (nSPS) is 12.3. The van der Waals surface area contributed by atoms with Crippen molar-refractivity contribution in [3.05, 3.63) is 36.5 Å². The van der Waals surface area contributed by atoms with Crippen LogP contribution < -0.4 is 11.1 Å². The summed E-state index contributed by atoms with van der Waals surface area (Å²) >= 11 is 0. The van der Waals surface area contributed by atoms with Crippen LogP contribution in [-0.4, -0.2) is 34.5 Å². The summed E-state index contributed by atoms with van der Waals surface area (Å²) in [6.07, 6.45) is 1.06. The van der Waals surface area contributed by atoms with E-state index in [9.17, 15) is 5.11 Å². The second-order valence-electron chi connectivity index (χ2n) is 4.11. The van der Waals surface area contributed by atoms with Crippen LogP contribution in [0.15, 0.2) is 36.5 Å². The number of nitrogens with two attached hydrogens (primary N) is 1. The molecule has 0 amide bonds. The third-order valence-electron chi connectivity index (χ3n) is 2.67. The fraction of sp³-hybridized carbons (Fsp3) is 0.231. The van der Waals surface area contributed by atoms with Crippen molar-refractivity contribution in [3.8, 4) is 11.3 Å². The Kier molecular flexibility index (Phi) is 3.86. The first-order valence-electron chi connectivity index (χ1n) is 5.77. The van der Waals surface area contributed by atoms with Gasteiger partial charge in [-0.05, 0) is 30.3 Å². The molecule has 0 aliphatic rings. The molecule has 1 aromatic heterocycles. The molecule has 1 aromatic carbocycles. The summed E-state index contributed by atoms with van der Waals surface area (Å²) in [5, 5.41) is 21.2. The fourth-order valence-corrected chi connectivity index (χ4v) is 1.73. The number of hydrogen-bond donors (Lipinski definition) is 5. The highest BCUT2D eigenvalue weighted by Crippen LogP contribution is 2.28. The number of hydrogen-bond acceptors (Lipinski definition) is 4. The Morgan fingerprint density at radius 3 is 2.83 bits per heavy atom. The minimum atomic E-state index is -0.779. The van der Waals surface area contributed by atoms with Gasteiger partial charge in [0.1, 0.15) is 0 Å². The van der Waals surface area contributed by atoms with E-state index < -0.39 is 6.10 Å². The van der Waals surface area contributed by atoms with Crippen molar-refractivity contribution in [1.82, 2.24) is 4.98 Å². The fourth-order valence-electron chi connectivity index (χ4n) is 1.73. The van der Waals surface area contributed by atoms with Gasteiger partial charge in [-0.25, -0.2) is 0 Å². The van der Waals surface area contributed by atoms with Crippen LogP contribution in [0.25, 0.3) is 11.3 Å². The Hall–Kier alpha value is -1.98. The molecular formula is C13H17N3O2. The number of nitrogens with one attached hydrogen (secondary N) is 2. The van der Waals surface area contributed by atoms with E-state index in [2.05, 4.69) is 10.3 Å². The highest BCUT2D eigenvalue weighted by molar-refractivity contribution is 5.78. The average molecular weight is 247 g/mol. The van der Waals surface area contributed by atoms with Gasteiger partial charge in [0.2, 0.25) is 0 Å². The van der Waals surface area contributed by atoms with E-state index in [1.807, 2.05) is 30.5 Å². The SMILES string of the molecule is Nc1ccc(NCC(O)CO)c(-c2ccc[nH]2)c1. The summed E-state index contributed by atoms with van der Waals surface area (Å²) in [5.74, 6) is 0. The molecule has 0 spiro atoms. The zero-order chi connectivity index (χ0) is 13.0. The minimum absolute atomic E-state index is 0.264. The Labute approximate surface area is 105 Å². The molecule has 2 rings (SSSR count). The maximum absolute atomic E-state index is 9.35.